The van der Waals surface area contributed by atoms with E-state index in [9.17, 15) is 9.59 Å². The van der Waals surface area contributed by atoms with E-state index < -0.39 is 5.91 Å². The standard InChI is InChI=1S/C21H21N3O4/c1-14(2)28-17-7-5-16(6-8-17)24-21(26)19-12-15(9-10-22-19)20(25)23-13-18-4-3-11-27-18/h3-12,14H,13H2,1-2H3,(H,23,25)(H,24,26). The van der Waals surface area contributed by atoms with Gasteiger partial charge in [0, 0.05) is 17.4 Å². The van der Waals surface area contributed by atoms with Crippen molar-refractivity contribution in [2.45, 2.75) is 26.5 Å². The highest BCUT2D eigenvalue weighted by Gasteiger charge is 2.12. The van der Waals surface area contributed by atoms with Gasteiger partial charge in [-0.05, 0) is 62.4 Å². The summed E-state index contributed by atoms with van der Waals surface area (Å²) in [6.45, 7) is 4.15. The van der Waals surface area contributed by atoms with Crippen LogP contribution in [0.15, 0.2) is 65.4 Å². The second kappa shape index (κ2) is 8.85. The zero-order valence-corrected chi connectivity index (χ0v) is 15.6. The summed E-state index contributed by atoms with van der Waals surface area (Å²) in [7, 11) is 0. The average Bonchev–Trinajstić information content (AvgIpc) is 3.21. The Bertz CT molecular complexity index is 935. The minimum atomic E-state index is -0.404. The Labute approximate surface area is 162 Å². The van der Waals surface area contributed by atoms with Gasteiger partial charge in [0.25, 0.3) is 11.8 Å². The molecule has 0 aliphatic carbocycles. The van der Waals surface area contributed by atoms with Crippen molar-refractivity contribution in [3.8, 4) is 5.75 Å². The maximum atomic E-state index is 12.4. The Morgan fingerprint density at radius 1 is 1.11 bits per heavy atom. The Morgan fingerprint density at radius 3 is 2.57 bits per heavy atom. The largest absolute Gasteiger partial charge is 0.491 e. The van der Waals surface area contributed by atoms with Crippen LogP contribution >= 0.6 is 0 Å². The maximum Gasteiger partial charge on any atom is 0.274 e. The third-order valence-corrected chi connectivity index (χ3v) is 3.74. The predicted octanol–water partition coefficient (Wildman–Crippen LogP) is 3.64. The van der Waals surface area contributed by atoms with Gasteiger partial charge in [0.1, 0.15) is 17.2 Å². The minimum Gasteiger partial charge on any atom is -0.491 e. The zero-order valence-electron chi connectivity index (χ0n) is 15.6. The summed E-state index contributed by atoms with van der Waals surface area (Å²) in [6.07, 6.45) is 3.04. The fourth-order valence-electron chi connectivity index (χ4n) is 2.46. The van der Waals surface area contributed by atoms with E-state index in [1.807, 2.05) is 13.8 Å². The van der Waals surface area contributed by atoms with E-state index in [0.717, 1.165) is 5.75 Å². The smallest absolute Gasteiger partial charge is 0.274 e. The average molecular weight is 379 g/mol. The fourth-order valence-corrected chi connectivity index (χ4v) is 2.46. The number of hydrogen-bond acceptors (Lipinski definition) is 5. The van der Waals surface area contributed by atoms with Crippen molar-refractivity contribution >= 4 is 17.5 Å². The highest BCUT2D eigenvalue weighted by atomic mass is 16.5. The number of furan rings is 1. The number of carbonyl (C=O) groups excluding carboxylic acids is 2. The Balaban J connectivity index is 1.62. The number of nitrogens with zero attached hydrogens (tertiary/aromatic N) is 1. The summed E-state index contributed by atoms with van der Waals surface area (Å²) in [4.78, 5) is 28.8. The zero-order chi connectivity index (χ0) is 19.9. The van der Waals surface area contributed by atoms with Crippen LogP contribution in [0.25, 0.3) is 0 Å². The molecule has 7 nitrogen and oxygen atoms in total. The topological polar surface area (TPSA) is 93.5 Å². The molecule has 0 spiro atoms. The van der Waals surface area contributed by atoms with Gasteiger partial charge >= 0.3 is 0 Å². The molecule has 144 valence electrons. The van der Waals surface area contributed by atoms with Gasteiger partial charge in [0.15, 0.2) is 0 Å². The van der Waals surface area contributed by atoms with Crippen molar-refractivity contribution in [2.75, 3.05) is 5.32 Å². The first-order valence-corrected chi connectivity index (χ1v) is 8.86. The molecule has 0 fully saturated rings. The molecule has 0 aliphatic heterocycles. The van der Waals surface area contributed by atoms with Crippen LogP contribution in [0.1, 0.15) is 40.5 Å². The molecule has 0 aliphatic rings. The summed E-state index contributed by atoms with van der Waals surface area (Å²) in [5.74, 6) is 0.646. The summed E-state index contributed by atoms with van der Waals surface area (Å²) in [5.41, 5.74) is 1.09. The van der Waals surface area contributed by atoms with E-state index >= 15 is 0 Å². The number of benzene rings is 1. The number of nitrogens with one attached hydrogen (secondary N) is 2. The molecular weight excluding hydrogens is 358 g/mol. The minimum absolute atomic E-state index is 0.0753. The molecular formula is C21H21N3O4. The van der Waals surface area contributed by atoms with E-state index in [2.05, 4.69) is 15.6 Å². The maximum absolute atomic E-state index is 12.4. The molecule has 3 rings (SSSR count). The molecule has 7 heteroatoms. The predicted molar refractivity (Wildman–Crippen MR) is 104 cm³/mol. The van der Waals surface area contributed by atoms with Crippen molar-refractivity contribution in [2.24, 2.45) is 0 Å². The first kappa shape index (κ1) is 19.2. The first-order valence-electron chi connectivity index (χ1n) is 8.86. The third kappa shape index (κ3) is 5.20. The summed E-state index contributed by atoms with van der Waals surface area (Å²) in [5, 5.41) is 5.49. The lowest BCUT2D eigenvalue weighted by atomic mass is 10.2. The second-order valence-electron chi connectivity index (χ2n) is 6.34. The molecule has 0 bridgehead atoms. The molecule has 2 aromatic heterocycles. The van der Waals surface area contributed by atoms with Crippen LogP contribution in [0.3, 0.4) is 0 Å². The molecule has 28 heavy (non-hydrogen) atoms. The van der Waals surface area contributed by atoms with Gasteiger partial charge in [-0.15, -0.1) is 0 Å². The van der Waals surface area contributed by atoms with E-state index in [1.165, 1.54) is 18.5 Å². The van der Waals surface area contributed by atoms with Gasteiger partial charge in [-0.25, -0.2) is 0 Å². The Hall–Kier alpha value is -3.61. The van der Waals surface area contributed by atoms with Crippen LogP contribution in [0.2, 0.25) is 0 Å². The summed E-state index contributed by atoms with van der Waals surface area (Å²) >= 11 is 0. The van der Waals surface area contributed by atoms with Crippen molar-refractivity contribution in [1.29, 1.82) is 0 Å². The van der Waals surface area contributed by atoms with Gasteiger partial charge in [-0.1, -0.05) is 0 Å². The van der Waals surface area contributed by atoms with Gasteiger partial charge in [-0.3, -0.25) is 14.6 Å². The second-order valence-corrected chi connectivity index (χ2v) is 6.34. The quantitative estimate of drug-likeness (QED) is 0.654. The number of hydrogen-bond donors (Lipinski definition) is 2. The molecule has 3 aromatic rings. The van der Waals surface area contributed by atoms with Crippen LogP contribution in [0.5, 0.6) is 5.75 Å². The van der Waals surface area contributed by atoms with Crippen LogP contribution in [-0.2, 0) is 6.54 Å². The van der Waals surface area contributed by atoms with E-state index in [0.29, 0.717) is 17.0 Å². The van der Waals surface area contributed by atoms with E-state index in [-0.39, 0.29) is 24.2 Å². The third-order valence-electron chi connectivity index (χ3n) is 3.74. The Morgan fingerprint density at radius 2 is 1.89 bits per heavy atom. The number of anilines is 1. The fraction of sp³-hybridized carbons (Fsp3) is 0.190. The molecule has 0 saturated heterocycles. The highest BCUT2D eigenvalue weighted by Crippen LogP contribution is 2.17. The normalized spacial score (nSPS) is 10.5. The number of rotatable bonds is 7. The number of amides is 2. The van der Waals surface area contributed by atoms with Crippen molar-refractivity contribution in [1.82, 2.24) is 10.3 Å². The molecule has 0 unspecified atom stereocenters. The molecule has 0 saturated carbocycles. The van der Waals surface area contributed by atoms with Crippen molar-refractivity contribution < 1.29 is 18.7 Å². The highest BCUT2D eigenvalue weighted by molar-refractivity contribution is 6.04. The first-order chi connectivity index (χ1) is 13.5. The van der Waals surface area contributed by atoms with Crippen molar-refractivity contribution in [3.05, 3.63) is 78.0 Å². The molecule has 0 radical (unpaired) electrons. The number of pyridine rings is 1. The van der Waals surface area contributed by atoms with Gasteiger partial charge in [0.2, 0.25) is 0 Å². The molecule has 2 amide bonds. The van der Waals surface area contributed by atoms with Crippen LogP contribution < -0.4 is 15.4 Å². The van der Waals surface area contributed by atoms with Crippen molar-refractivity contribution in [3.63, 3.8) is 0 Å². The molecule has 1 aromatic carbocycles. The molecule has 0 atom stereocenters. The van der Waals surface area contributed by atoms with Crippen LogP contribution in [-0.4, -0.2) is 22.9 Å². The summed E-state index contributed by atoms with van der Waals surface area (Å²) in [6, 6.07) is 13.6. The SMILES string of the molecule is CC(C)Oc1ccc(NC(=O)c2cc(C(=O)NCc3ccco3)ccn2)cc1. The molecule has 2 N–H and O–H groups in total. The van der Waals surface area contributed by atoms with Gasteiger partial charge in [-0.2, -0.15) is 0 Å². The van der Waals surface area contributed by atoms with Crippen LogP contribution in [0, 0.1) is 0 Å². The van der Waals surface area contributed by atoms with E-state index in [1.54, 1.807) is 42.5 Å². The van der Waals surface area contributed by atoms with Gasteiger partial charge < -0.3 is 19.8 Å². The van der Waals surface area contributed by atoms with E-state index in [4.69, 9.17) is 9.15 Å². The Kier molecular flexibility index (Phi) is 6.06. The number of carbonyl (C=O) groups is 2. The monoisotopic (exact) mass is 379 g/mol. The van der Waals surface area contributed by atoms with Crippen LogP contribution in [0.4, 0.5) is 5.69 Å². The molecule has 2 heterocycles. The number of aromatic nitrogens is 1. The lowest BCUT2D eigenvalue weighted by Gasteiger charge is -2.10. The summed E-state index contributed by atoms with van der Waals surface area (Å²) < 4.78 is 10.8. The lowest BCUT2D eigenvalue weighted by Crippen LogP contribution is -2.23. The van der Waals surface area contributed by atoms with Gasteiger partial charge in [0.05, 0.1) is 18.9 Å². The number of ether oxygens (including phenoxy) is 1. The lowest BCUT2D eigenvalue weighted by molar-refractivity contribution is 0.0948.